The van der Waals surface area contributed by atoms with Crippen molar-refractivity contribution in [2.24, 2.45) is 0 Å². The van der Waals surface area contributed by atoms with Crippen molar-refractivity contribution in [2.75, 3.05) is 6.54 Å². The first-order valence-electron chi connectivity index (χ1n) is 2.74. The molecule has 1 amide bonds. The minimum absolute atomic E-state index is 0.0949. The predicted molar refractivity (Wildman–Crippen MR) is 32.3 cm³/mol. The zero-order valence-electron chi connectivity index (χ0n) is 5.27. The van der Waals surface area contributed by atoms with E-state index in [1.807, 2.05) is 13.8 Å². The normalized spacial score (nSPS) is 12.8. The molecular weight excluding hydrogens is 104 g/mol. The lowest BCUT2D eigenvalue weighted by Gasteiger charge is -2.08. The largest absolute Gasteiger partial charge is 0.344 e. The van der Waals surface area contributed by atoms with Gasteiger partial charge in [0.15, 0.2) is 0 Å². The molecule has 0 fully saturated rings. The molecule has 3 heteroatoms. The molecule has 0 heterocycles. The van der Waals surface area contributed by atoms with Gasteiger partial charge in [-0.25, -0.2) is 0 Å². The fourth-order valence-corrected chi connectivity index (χ4v) is 0.467. The highest BCUT2D eigenvalue weighted by Crippen LogP contribution is 1.67. The lowest BCUT2D eigenvalue weighted by atomic mass is 10.5. The van der Waals surface area contributed by atoms with Crippen LogP contribution in [-0.2, 0) is 4.79 Å². The molecule has 0 aliphatic carbocycles. The van der Waals surface area contributed by atoms with Crippen molar-refractivity contribution in [3.63, 3.8) is 0 Å². The number of amides is 1. The zero-order chi connectivity index (χ0) is 6.41. The van der Waals surface area contributed by atoms with Gasteiger partial charge in [-0.2, -0.15) is 0 Å². The van der Waals surface area contributed by atoms with Crippen LogP contribution in [0.15, 0.2) is 0 Å². The number of carbonyl (C=O) groups excluding carboxylic acids is 1. The van der Waals surface area contributed by atoms with Gasteiger partial charge in [-0.05, 0) is 13.5 Å². The Balaban J connectivity index is 3.03. The number of nitrogens with one attached hydrogen (secondary N) is 2. The molecule has 0 unspecified atom stereocenters. The van der Waals surface area contributed by atoms with Crippen LogP contribution in [0.3, 0.4) is 0 Å². The summed E-state index contributed by atoms with van der Waals surface area (Å²) in [4.78, 5) is 9.74. The molecule has 0 spiro atoms. The summed E-state index contributed by atoms with van der Waals surface area (Å²) in [5.74, 6) is 0. The maximum Gasteiger partial charge on any atom is 0.208 e. The molecule has 48 valence electrons. The summed E-state index contributed by atoms with van der Waals surface area (Å²) < 4.78 is 0. The van der Waals surface area contributed by atoms with Gasteiger partial charge in [-0.15, -0.1) is 0 Å². The average molecular weight is 116 g/mol. The van der Waals surface area contributed by atoms with Crippen molar-refractivity contribution < 1.29 is 4.79 Å². The van der Waals surface area contributed by atoms with E-state index in [0.717, 1.165) is 6.54 Å². The van der Waals surface area contributed by atoms with Crippen molar-refractivity contribution in [2.45, 2.75) is 20.0 Å². The maximum atomic E-state index is 9.74. The molecular formula is C5H12N2O. The summed E-state index contributed by atoms with van der Waals surface area (Å²) in [5.41, 5.74) is 0. The maximum absolute atomic E-state index is 9.74. The van der Waals surface area contributed by atoms with E-state index >= 15 is 0 Å². The van der Waals surface area contributed by atoms with Crippen molar-refractivity contribution in [1.29, 1.82) is 0 Å². The van der Waals surface area contributed by atoms with Crippen LogP contribution in [0.5, 0.6) is 0 Å². The quantitative estimate of drug-likeness (QED) is 0.390. The summed E-state index contributed by atoms with van der Waals surface area (Å²) in [6.07, 6.45) is 0.783. The summed E-state index contributed by atoms with van der Waals surface area (Å²) in [6.45, 7) is 4.75. The van der Waals surface area contributed by atoms with Gasteiger partial charge in [0.1, 0.15) is 0 Å². The van der Waals surface area contributed by atoms with Gasteiger partial charge >= 0.3 is 0 Å². The number of hydrogen-bond acceptors (Lipinski definition) is 2. The molecule has 8 heavy (non-hydrogen) atoms. The molecule has 0 bridgehead atoms. The van der Waals surface area contributed by atoms with Crippen LogP contribution in [0.1, 0.15) is 13.8 Å². The predicted octanol–water partition coefficient (Wildman–Crippen LogP) is -0.312. The highest BCUT2D eigenvalue weighted by molar-refractivity contribution is 5.46. The smallest absolute Gasteiger partial charge is 0.208 e. The number of hydrogen-bond donors (Lipinski definition) is 2. The van der Waals surface area contributed by atoms with E-state index in [2.05, 4.69) is 10.6 Å². The Morgan fingerprint density at radius 1 is 1.75 bits per heavy atom. The van der Waals surface area contributed by atoms with Gasteiger partial charge in [-0.1, -0.05) is 6.92 Å². The van der Waals surface area contributed by atoms with E-state index in [4.69, 9.17) is 0 Å². The third-order valence-electron chi connectivity index (χ3n) is 0.828. The van der Waals surface area contributed by atoms with Gasteiger partial charge in [0.2, 0.25) is 6.41 Å². The molecule has 0 saturated heterocycles. The van der Waals surface area contributed by atoms with Crippen LogP contribution in [0.4, 0.5) is 0 Å². The van der Waals surface area contributed by atoms with Gasteiger partial charge < -0.3 is 5.32 Å². The molecule has 0 aliphatic rings. The molecule has 0 aromatic heterocycles. The van der Waals surface area contributed by atoms with Crippen LogP contribution in [-0.4, -0.2) is 19.1 Å². The molecule has 0 aliphatic heterocycles. The van der Waals surface area contributed by atoms with Crippen molar-refractivity contribution in [3.05, 3.63) is 0 Å². The van der Waals surface area contributed by atoms with Crippen molar-refractivity contribution in [3.8, 4) is 0 Å². The van der Waals surface area contributed by atoms with Gasteiger partial charge in [-0.3, -0.25) is 10.1 Å². The first-order valence-corrected chi connectivity index (χ1v) is 2.74. The lowest BCUT2D eigenvalue weighted by Crippen LogP contribution is -2.38. The van der Waals surface area contributed by atoms with Gasteiger partial charge in [0.05, 0.1) is 6.17 Å². The van der Waals surface area contributed by atoms with E-state index in [9.17, 15) is 4.79 Å². The summed E-state index contributed by atoms with van der Waals surface area (Å²) in [7, 11) is 0. The lowest BCUT2D eigenvalue weighted by molar-refractivity contribution is -0.110. The summed E-state index contributed by atoms with van der Waals surface area (Å²) >= 11 is 0. The first-order chi connectivity index (χ1) is 3.81. The summed E-state index contributed by atoms with van der Waals surface area (Å²) in [6, 6.07) is 0. The second-order valence-corrected chi connectivity index (χ2v) is 1.56. The third-order valence-corrected chi connectivity index (χ3v) is 0.828. The van der Waals surface area contributed by atoms with Crippen LogP contribution < -0.4 is 10.6 Å². The Morgan fingerprint density at radius 3 is 2.75 bits per heavy atom. The SMILES string of the molecule is CCN[C@H](C)NC=O. The number of carbonyl (C=O) groups is 1. The number of rotatable bonds is 4. The summed E-state index contributed by atoms with van der Waals surface area (Å²) in [5, 5.41) is 5.56. The van der Waals surface area contributed by atoms with E-state index in [1.165, 1.54) is 0 Å². The molecule has 0 rings (SSSR count). The molecule has 2 N–H and O–H groups in total. The highest BCUT2D eigenvalue weighted by Gasteiger charge is 1.91. The van der Waals surface area contributed by atoms with Crippen LogP contribution >= 0.6 is 0 Å². The van der Waals surface area contributed by atoms with E-state index in [1.54, 1.807) is 0 Å². The minimum atomic E-state index is 0.0949. The zero-order valence-corrected chi connectivity index (χ0v) is 5.27. The Labute approximate surface area is 49.5 Å². The van der Waals surface area contributed by atoms with Gasteiger partial charge in [0, 0.05) is 0 Å². The third kappa shape index (κ3) is 3.61. The molecule has 0 aromatic rings. The first kappa shape index (κ1) is 7.43. The molecule has 0 aromatic carbocycles. The van der Waals surface area contributed by atoms with E-state index < -0.39 is 0 Å². The van der Waals surface area contributed by atoms with Crippen molar-refractivity contribution in [1.82, 2.24) is 10.6 Å². The standard InChI is InChI=1S/C5H12N2O/c1-3-6-5(2)7-4-8/h4-6H,3H2,1-2H3,(H,7,8)/t5-/m0/s1. The monoisotopic (exact) mass is 116 g/mol. The highest BCUT2D eigenvalue weighted by atomic mass is 16.1. The molecule has 0 radical (unpaired) electrons. The Kier molecular flexibility index (Phi) is 4.26. The second-order valence-electron chi connectivity index (χ2n) is 1.56. The van der Waals surface area contributed by atoms with Crippen LogP contribution in [0, 0.1) is 0 Å². The second kappa shape index (κ2) is 4.59. The van der Waals surface area contributed by atoms with Gasteiger partial charge in [0.25, 0.3) is 0 Å². The molecule has 1 atom stereocenters. The fraction of sp³-hybridized carbons (Fsp3) is 0.800. The average Bonchev–Trinajstić information content (AvgIpc) is 1.68. The minimum Gasteiger partial charge on any atom is -0.344 e. The molecule has 0 saturated carbocycles. The molecule has 3 nitrogen and oxygen atoms in total. The Bertz CT molecular complexity index is 65.4. The van der Waals surface area contributed by atoms with Crippen LogP contribution in [0.2, 0.25) is 0 Å². The van der Waals surface area contributed by atoms with E-state index in [-0.39, 0.29) is 6.17 Å². The Hall–Kier alpha value is -0.570. The van der Waals surface area contributed by atoms with E-state index in [0.29, 0.717) is 6.41 Å². The Morgan fingerprint density at radius 2 is 2.38 bits per heavy atom. The van der Waals surface area contributed by atoms with Crippen molar-refractivity contribution >= 4 is 6.41 Å². The fourth-order valence-electron chi connectivity index (χ4n) is 0.467. The topological polar surface area (TPSA) is 41.1 Å². The van der Waals surface area contributed by atoms with Crippen LogP contribution in [0.25, 0.3) is 0 Å².